The molecule has 1 aliphatic rings. The van der Waals surface area contributed by atoms with E-state index >= 15 is 0 Å². The largest absolute Gasteiger partial charge is 0.549 e. The Morgan fingerprint density at radius 1 is 1.20 bits per heavy atom. The molecule has 0 unspecified atom stereocenters. The van der Waals surface area contributed by atoms with E-state index in [1.54, 1.807) is 24.3 Å². The molecule has 1 atom stereocenters. The first-order chi connectivity index (χ1) is 12.0. The Morgan fingerprint density at radius 2 is 1.88 bits per heavy atom. The average molecular weight is 374 g/mol. The van der Waals surface area contributed by atoms with E-state index in [-0.39, 0.29) is 12.3 Å². The van der Waals surface area contributed by atoms with Crippen molar-refractivity contribution in [1.82, 2.24) is 4.90 Å². The number of rotatable bonds is 4. The predicted molar refractivity (Wildman–Crippen MR) is 96.5 cm³/mol. The standard InChI is InChI=1S/C18H15ClN2O3S/c19-13-8-6-12(7-9-13)11-21-16(22)10-15(17(23)24)25-18(21)20-14-4-2-1-3-5-14/h1-9,15H,10-11H2,(H,23,24)/p-1/t15-/m0/s1. The maximum Gasteiger partial charge on any atom is 0.230 e. The van der Waals surface area contributed by atoms with E-state index in [4.69, 9.17) is 11.6 Å². The SMILES string of the molecule is O=C([O-])[C@@H]1CC(=O)N(Cc2ccc(Cl)cc2)C(=Nc2ccccc2)S1. The molecule has 0 saturated carbocycles. The summed E-state index contributed by atoms with van der Waals surface area (Å²) in [5.41, 5.74) is 1.53. The molecule has 2 aromatic carbocycles. The van der Waals surface area contributed by atoms with E-state index in [0.717, 1.165) is 17.3 Å². The minimum Gasteiger partial charge on any atom is -0.549 e. The number of amidine groups is 1. The molecule has 0 radical (unpaired) electrons. The zero-order valence-corrected chi connectivity index (χ0v) is 14.7. The number of carbonyl (C=O) groups excluding carboxylic acids is 2. The Hall–Kier alpha value is -2.31. The molecule has 5 nitrogen and oxygen atoms in total. The summed E-state index contributed by atoms with van der Waals surface area (Å²) < 4.78 is 0. The van der Waals surface area contributed by atoms with Crippen molar-refractivity contribution in [3.8, 4) is 0 Å². The van der Waals surface area contributed by atoms with Crippen LogP contribution >= 0.6 is 23.4 Å². The second kappa shape index (κ2) is 7.72. The van der Waals surface area contributed by atoms with Crippen molar-refractivity contribution in [3.05, 3.63) is 65.2 Å². The van der Waals surface area contributed by atoms with Gasteiger partial charge in [0.2, 0.25) is 5.91 Å². The summed E-state index contributed by atoms with van der Waals surface area (Å²) in [6.45, 7) is 0.300. The van der Waals surface area contributed by atoms with E-state index in [0.29, 0.717) is 22.4 Å². The van der Waals surface area contributed by atoms with Crippen molar-refractivity contribution in [3.63, 3.8) is 0 Å². The summed E-state index contributed by atoms with van der Waals surface area (Å²) in [4.78, 5) is 29.7. The number of aliphatic carboxylic acids is 1. The quantitative estimate of drug-likeness (QED) is 0.825. The first-order valence-electron chi connectivity index (χ1n) is 7.59. The van der Waals surface area contributed by atoms with Crippen LogP contribution in [0.5, 0.6) is 0 Å². The lowest BCUT2D eigenvalue weighted by molar-refractivity contribution is -0.304. The van der Waals surface area contributed by atoms with Gasteiger partial charge in [-0.15, -0.1) is 0 Å². The lowest BCUT2D eigenvalue weighted by Crippen LogP contribution is -2.47. The summed E-state index contributed by atoms with van der Waals surface area (Å²) in [5.74, 6) is -1.55. The third-order valence-electron chi connectivity index (χ3n) is 3.64. The molecular weight excluding hydrogens is 360 g/mol. The molecule has 0 aliphatic carbocycles. The number of amides is 1. The van der Waals surface area contributed by atoms with Crippen molar-refractivity contribution >= 4 is 46.1 Å². The summed E-state index contributed by atoms with van der Waals surface area (Å²) >= 11 is 6.93. The first kappa shape index (κ1) is 17.5. The number of carboxylic acids is 1. The maximum absolute atomic E-state index is 12.5. The van der Waals surface area contributed by atoms with Crippen molar-refractivity contribution < 1.29 is 14.7 Å². The minimum absolute atomic E-state index is 0.117. The van der Waals surface area contributed by atoms with E-state index in [9.17, 15) is 14.7 Å². The molecule has 1 amide bonds. The van der Waals surface area contributed by atoms with Crippen LogP contribution in [0.15, 0.2) is 59.6 Å². The fourth-order valence-electron chi connectivity index (χ4n) is 2.37. The highest BCUT2D eigenvalue weighted by molar-refractivity contribution is 8.15. The van der Waals surface area contributed by atoms with Gasteiger partial charge < -0.3 is 9.90 Å². The van der Waals surface area contributed by atoms with Crippen molar-refractivity contribution in [2.24, 2.45) is 4.99 Å². The van der Waals surface area contributed by atoms with Gasteiger partial charge in [-0.3, -0.25) is 9.69 Å². The first-order valence-corrected chi connectivity index (χ1v) is 8.85. The van der Waals surface area contributed by atoms with Crippen LogP contribution in [0.3, 0.4) is 0 Å². The van der Waals surface area contributed by atoms with Crippen molar-refractivity contribution in [2.75, 3.05) is 0 Å². The number of carbonyl (C=O) groups is 2. The van der Waals surface area contributed by atoms with Gasteiger partial charge >= 0.3 is 0 Å². The predicted octanol–water partition coefficient (Wildman–Crippen LogP) is 2.61. The third-order valence-corrected chi connectivity index (χ3v) is 5.06. The fourth-order valence-corrected chi connectivity index (χ4v) is 3.52. The van der Waals surface area contributed by atoms with Crippen LogP contribution in [-0.2, 0) is 16.1 Å². The fraction of sp³-hybridized carbons (Fsp3) is 0.167. The normalized spacial score (nSPS) is 19.2. The molecule has 1 heterocycles. The number of nitrogens with zero attached hydrogens (tertiary/aromatic N) is 2. The highest BCUT2D eigenvalue weighted by Crippen LogP contribution is 2.30. The zero-order valence-electron chi connectivity index (χ0n) is 13.1. The molecule has 1 aliphatic heterocycles. The molecule has 3 rings (SSSR count). The highest BCUT2D eigenvalue weighted by atomic mass is 35.5. The van der Waals surface area contributed by atoms with Crippen LogP contribution in [0, 0.1) is 0 Å². The maximum atomic E-state index is 12.5. The Kier molecular flexibility index (Phi) is 5.40. The summed E-state index contributed by atoms with van der Waals surface area (Å²) in [6.07, 6.45) is -0.117. The number of hydrogen-bond donors (Lipinski definition) is 0. The molecule has 0 bridgehead atoms. The monoisotopic (exact) mass is 373 g/mol. The van der Waals surface area contributed by atoms with Crippen molar-refractivity contribution in [2.45, 2.75) is 18.2 Å². The summed E-state index contributed by atoms with van der Waals surface area (Å²) in [6, 6.07) is 16.2. The number of aliphatic imine (C=N–C) groups is 1. The van der Waals surface area contributed by atoms with Crippen LogP contribution < -0.4 is 5.11 Å². The average Bonchev–Trinajstić information content (AvgIpc) is 2.60. The lowest BCUT2D eigenvalue weighted by atomic mass is 10.2. The van der Waals surface area contributed by atoms with Gasteiger partial charge in [-0.2, -0.15) is 0 Å². The van der Waals surface area contributed by atoms with Crippen LogP contribution in [0.25, 0.3) is 0 Å². The lowest BCUT2D eigenvalue weighted by Gasteiger charge is -2.32. The smallest absolute Gasteiger partial charge is 0.230 e. The van der Waals surface area contributed by atoms with Gasteiger partial charge in [0, 0.05) is 11.4 Å². The molecule has 0 N–H and O–H groups in total. The molecule has 0 spiro atoms. The van der Waals surface area contributed by atoms with Crippen molar-refractivity contribution in [1.29, 1.82) is 0 Å². The van der Waals surface area contributed by atoms with Crippen LogP contribution in [-0.4, -0.2) is 27.2 Å². The molecule has 0 aromatic heterocycles. The van der Waals surface area contributed by atoms with E-state index in [1.807, 2.05) is 30.3 Å². The van der Waals surface area contributed by atoms with Crippen LogP contribution in [0.4, 0.5) is 5.69 Å². The molecule has 2 aromatic rings. The molecule has 1 saturated heterocycles. The Morgan fingerprint density at radius 3 is 2.52 bits per heavy atom. The van der Waals surface area contributed by atoms with Gasteiger partial charge in [0.1, 0.15) is 0 Å². The zero-order chi connectivity index (χ0) is 17.8. The second-order valence-electron chi connectivity index (χ2n) is 5.47. The molecule has 1 fully saturated rings. The van der Waals surface area contributed by atoms with E-state index in [1.165, 1.54) is 4.90 Å². The third kappa shape index (κ3) is 4.41. The molecular formula is C18H14ClN2O3S-. The molecule has 128 valence electrons. The van der Waals surface area contributed by atoms with Gasteiger partial charge in [0.25, 0.3) is 0 Å². The summed E-state index contributed by atoms with van der Waals surface area (Å²) in [7, 11) is 0. The Bertz CT molecular complexity index is 809. The van der Waals surface area contributed by atoms with E-state index < -0.39 is 11.2 Å². The number of carboxylic acid groups (broad SMARTS) is 1. The van der Waals surface area contributed by atoms with E-state index in [2.05, 4.69) is 4.99 Å². The number of hydrogen-bond acceptors (Lipinski definition) is 5. The number of para-hydroxylation sites is 1. The van der Waals surface area contributed by atoms with Crippen LogP contribution in [0.1, 0.15) is 12.0 Å². The minimum atomic E-state index is -1.26. The van der Waals surface area contributed by atoms with Gasteiger partial charge in [-0.1, -0.05) is 53.7 Å². The Labute approximate surface area is 154 Å². The van der Waals surface area contributed by atoms with Gasteiger partial charge in [-0.25, -0.2) is 4.99 Å². The van der Waals surface area contributed by atoms with Gasteiger partial charge in [0.15, 0.2) is 5.17 Å². The second-order valence-corrected chi connectivity index (χ2v) is 7.07. The topological polar surface area (TPSA) is 72.8 Å². The number of thioether (sulfide) groups is 1. The summed E-state index contributed by atoms with van der Waals surface area (Å²) in [5, 5.41) is 11.3. The van der Waals surface area contributed by atoms with Gasteiger partial charge in [0.05, 0.1) is 23.5 Å². The van der Waals surface area contributed by atoms with Crippen LogP contribution in [0.2, 0.25) is 5.02 Å². The molecule has 25 heavy (non-hydrogen) atoms. The van der Waals surface area contributed by atoms with Gasteiger partial charge in [-0.05, 0) is 29.8 Å². The molecule has 7 heteroatoms. The number of halogens is 1. The number of benzene rings is 2. The Balaban J connectivity index is 1.91. The highest BCUT2D eigenvalue weighted by Gasteiger charge is 2.32.